The van der Waals surface area contributed by atoms with Gasteiger partial charge in [-0.2, -0.15) is 9.78 Å². The van der Waals surface area contributed by atoms with Crippen molar-refractivity contribution in [3.8, 4) is 11.1 Å². The van der Waals surface area contributed by atoms with E-state index in [0.717, 1.165) is 4.68 Å². The molecule has 3 aromatic heterocycles. The Hall–Kier alpha value is -2.90. The third kappa shape index (κ3) is 2.00. The summed E-state index contributed by atoms with van der Waals surface area (Å²) in [6.45, 7) is 3.73. The lowest BCUT2D eigenvalue weighted by molar-refractivity contribution is 0.169. The number of ether oxygens (including phenoxy) is 1. The fourth-order valence-electron chi connectivity index (χ4n) is 2.43. The van der Waals surface area contributed by atoms with Crippen LogP contribution < -0.4 is 5.56 Å². The van der Waals surface area contributed by atoms with Gasteiger partial charge in [-0.3, -0.25) is 9.89 Å². The van der Waals surface area contributed by atoms with Crippen LogP contribution in [-0.2, 0) is 11.2 Å². The van der Waals surface area contributed by atoms with Crippen molar-refractivity contribution < 1.29 is 9.53 Å². The molecule has 8 nitrogen and oxygen atoms in total. The third-order valence-corrected chi connectivity index (χ3v) is 3.57. The number of nitrogens with one attached hydrogen (secondary N) is 1. The van der Waals surface area contributed by atoms with Crippen LogP contribution in [0.25, 0.3) is 16.8 Å². The summed E-state index contributed by atoms with van der Waals surface area (Å²) in [6, 6.07) is 0. The molecule has 0 aliphatic carbocycles. The van der Waals surface area contributed by atoms with E-state index in [1.54, 1.807) is 6.20 Å². The van der Waals surface area contributed by atoms with Gasteiger partial charge in [0.1, 0.15) is 0 Å². The van der Waals surface area contributed by atoms with Crippen molar-refractivity contribution in [2.45, 2.75) is 20.3 Å². The van der Waals surface area contributed by atoms with E-state index in [-0.39, 0.29) is 5.56 Å². The summed E-state index contributed by atoms with van der Waals surface area (Å²) in [7, 11) is 1.28. The minimum Gasteiger partial charge on any atom is -0.451 e. The fourth-order valence-corrected chi connectivity index (χ4v) is 2.43. The van der Waals surface area contributed by atoms with Gasteiger partial charge in [0.15, 0.2) is 5.65 Å². The van der Waals surface area contributed by atoms with E-state index in [0.29, 0.717) is 34.5 Å². The molecule has 0 aromatic carbocycles. The lowest BCUT2D eigenvalue weighted by Crippen LogP contribution is -2.21. The summed E-state index contributed by atoms with van der Waals surface area (Å²) >= 11 is 0. The Morgan fingerprint density at radius 3 is 2.91 bits per heavy atom. The van der Waals surface area contributed by atoms with Crippen LogP contribution in [0.4, 0.5) is 4.79 Å². The Balaban J connectivity index is 2.19. The number of carbonyl (C=O) groups excluding carboxylic acids is 1. The number of hydrogen-bond donors (Lipinski definition) is 1. The molecule has 22 heavy (non-hydrogen) atoms. The highest BCUT2D eigenvalue weighted by Gasteiger charge is 2.16. The molecule has 1 N–H and O–H groups in total. The van der Waals surface area contributed by atoms with Crippen molar-refractivity contribution >= 4 is 11.7 Å². The number of hydrogen-bond acceptors (Lipinski definition) is 5. The second-order valence-corrected chi connectivity index (χ2v) is 4.82. The highest BCUT2D eigenvalue weighted by Crippen LogP contribution is 2.22. The first-order valence-electron chi connectivity index (χ1n) is 6.79. The number of aryl methyl sites for hydroxylation is 1. The van der Waals surface area contributed by atoms with E-state index in [4.69, 9.17) is 0 Å². The molecular weight excluding hydrogens is 286 g/mol. The average molecular weight is 301 g/mol. The topological polar surface area (TPSA) is 94.3 Å². The smallest absolute Gasteiger partial charge is 0.434 e. The highest BCUT2D eigenvalue weighted by atomic mass is 16.5. The van der Waals surface area contributed by atoms with E-state index in [1.807, 2.05) is 13.8 Å². The molecule has 0 amide bonds. The van der Waals surface area contributed by atoms with Gasteiger partial charge in [-0.15, -0.1) is 0 Å². The maximum absolute atomic E-state index is 12.4. The maximum atomic E-state index is 12.4. The van der Waals surface area contributed by atoms with Crippen LogP contribution in [0.2, 0.25) is 0 Å². The predicted octanol–water partition coefficient (Wildman–Crippen LogP) is 1.37. The van der Waals surface area contributed by atoms with E-state index in [1.165, 1.54) is 24.0 Å². The average Bonchev–Trinajstić information content (AvgIpc) is 3.13. The monoisotopic (exact) mass is 301 g/mol. The number of aromatic amines is 1. The van der Waals surface area contributed by atoms with Gasteiger partial charge in [-0.1, -0.05) is 6.92 Å². The molecule has 0 unspecified atom stereocenters. The Labute approximate surface area is 125 Å². The molecule has 0 bridgehead atoms. The van der Waals surface area contributed by atoms with Gasteiger partial charge < -0.3 is 4.74 Å². The van der Waals surface area contributed by atoms with Crippen molar-refractivity contribution in [2.75, 3.05) is 7.11 Å². The quantitative estimate of drug-likeness (QED) is 0.771. The molecule has 0 radical (unpaired) electrons. The minimum atomic E-state index is -0.583. The van der Waals surface area contributed by atoms with Crippen LogP contribution >= 0.6 is 0 Å². The van der Waals surface area contributed by atoms with Gasteiger partial charge in [0.25, 0.3) is 5.56 Å². The molecular formula is C14H15N5O3. The lowest BCUT2D eigenvalue weighted by Gasteiger charge is -2.03. The van der Waals surface area contributed by atoms with Gasteiger partial charge in [-0.25, -0.2) is 14.3 Å². The van der Waals surface area contributed by atoms with Crippen molar-refractivity contribution in [3.63, 3.8) is 0 Å². The molecule has 3 aromatic rings. The van der Waals surface area contributed by atoms with E-state index >= 15 is 0 Å². The van der Waals surface area contributed by atoms with Crippen molar-refractivity contribution in [3.05, 3.63) is 40.2 Å². The number of fused-ring (bicyclic) bond motifs is 1. The molecule has 0 spiro atoms. The fraction of sp³-hybridized carbons (Fsp3) is 0.286. The molecule has 8 heteroatoms. The molecule has 0 aliphatic rings. The summed E-state index contributed by atoms with van der Waals surface area (Å²) in [6.07, 6.45) is 4.76. The summed E-state index contributed by atoms with van der Waals surface area (Å²) < 4.78 is 7.09. The van der Waals surface area contributed by atoms with Crippen molar-refractivity contribution in [2.24, 2.45) is 0 Å². The zero-order chi connectivity index (χ0) is 15.9. The van der Waals surface area contributed by atoms with E-state index < -0.39 is 6.09 Å². The van der Waals surface area contributed by atoms with E-state index in [2.05, 4.69) is 19.9 Å². The first-order valence-corrected chi connectivity index (χ1v) is 6.79. The Kier molecular flexibility index (Phi) is 3.28. The Morgan fingerprint density at radius 1 is 1.45 bits per heavy atom. The number of aromatic nitrogens is 5. The van der Waals surface area contributed by atoms with Crippen LogP contribution in [0.15, 0.2) is 23.4 Å². The number of H-pyrrole nitrogens is 1. The molecule has 3 heterocycles. The summed E-state index contributed by atoms with van der Waals surface area (Å²) in [5.41, 5.74) is 3.13. The maximum Gasteiger partial charge on any atom is 0.434 e. The van der Waals surface area contributed by atoms with Crippen LogP contribution in [-0.4, -0.2) is 37.6 Å². The van der Waals surface area contributed by atoms with Gasteiger partial charge in [0.2, 0.25) is 0 Å². The van der Waals surface area contributed by atoms with Gasteiger partial charge >= 0.3 is 6.09 Å². The van der Waals surface area contributed by atoms with Gasteiger partial charge in [-0.05, 0) is 13.3 Å². The van der Waals surface area contributed by atoms with Crippen LogP contribution in [0, 0.1) is 6.92 Å². The van der Waals surface area contributed by atoms with Gasteiger partial charge in [0, 0.05) is 34.8 Å². The molecule has 3 rings (SSSR count). The molecule has 0 saturated heterocycles. The SMILES string of the molecule is CCc1c(C)nc2c(-c3cnn(C(=O)OC)c3)c[nH]n2c1=O. The largest absolute Gasteiger partial charge is 0.451 e. The van der Waals surface area contributed by atoms with Crippen LogP contribution in [0.1, 0.15) is 18.2 Å². The number of nitrogens with zero attached hydrogens (tertiary/aromatic N) is 4. The predicted molar refractivity (Wildman–Crippen MR) is 79.0 cm³/mol. The molecule has 0 fully saturated rings. The van der Waals surface area contributed by atoms with Crippen LogP contribution in [0.5, 0.6) is 0 Å². The zero-order valence-corrected chi connectivity index (χ0v) is 12.5. The number of rotatable bonds is 2. The number of carbonyl (C=O) groups is 1. The third-order valence-electron chi connectivity index (χ3n) is 3.57. The second-order valence-electron chi connectivity index (χ2n) is 4.82. The molecule has 0 atom stereocenters. The highest BCUT2D eigenvalue weighted by molar-refractivity contribution is 5.78. The first-order chi connectivity index (χ1) is 10.6. The summed E-state index contributed by atoms with van der Waals surface area (Å²) in [5, 5.41) is 6.84. The molecule has 114 valence electrons. The number of methoxy groups -OCH3 is 1. The van der Waals surface area contributed by atoms with Crippen molar-refractivity contribution in [1.29, 1.82) is 0 Å². The van der Waals surface area contributed by atoms with Crippen molar-refractivity contribution in [1.82, 2.24) is 24.4 Å². The Bertz CT molecular complexity index is 918. The Morgan fingerprint density at radius 2 is 2.23 bits per heavy atom. The summed E-state index contributed by atoms with van der Waals surface area (Å²) in [4.78, 5) is 28.3. The van der Waals surface area contributed by atoms with E-state index in [9.17, 15) is 9.59 Å². The molecule has 0 aliphatic heterocycles. The van der Waals surface area contributed by atoms with Gasteiger partial charge in [0.05, 0.1) is 13.3 Å². The molecule has 0 saturated carbocycles. The lowest BCUT2D eigenvalue weighted by atomic mass is 10.1. The zero-order valence-electron chi connectivity index (χ0n) is 12.5. The normalized spacial score (nSPS) is 11.0. The second kappa shape index (κ2) is 5.14. The first kappa shape index (κ1) is 14.1. The standard InChI is InChI=1S/C14H15N5O3/c1-4-10-8(2)17-12-11(6-16-19(12)13(10)20)9-5-15-18(7-9)14(21)22-3/h5-7,16H,4H2,1-3H3. The summed E-state index contributed by atoms with van der Waals surface area (Å²) in [5.74, 6) is 0. The van der Waals surface area contributed by atoms with Crippen LogP contribution in [0.3, 0.4) is 0 Å². The minimum absolute atomic E-state index is 0.114.